The highest BCUT2D eigenvalue weighted by Gasteiger charge is 2.18. The van der Waals surface area contributed by atoms with Crippen LogP contribution in [0.2, 0.25) is 0 Å². The van der Waals surface area contributed by atoms with Crippen LogP contribution in [0.5, 0.6) is 0 Å². The largest absolute Gasteiger partial charge is 0.389 e. The lowest BCUT2D eigenvalue weighted by Gasteiger charge is -2.22. The van der Waals surface area contributed by atoms with Gasteiger partial charge in [-0.15, -0.1) is 0 Å². The van der Waals surface area contributed by atoms with E-state index < -0.39 is 5.60 Å². The zero-order chi connectivity index (χ0) is 13.4. The number of carbonyl (C=O) groups excluding carboxylic acids is 1. The van der Waals surface area contributed by atoms with Crippen molar-refractivity contribution in [1.82, 2.24) is 10.6 Å². The number of aliphatic hydroxyl groups is 1. The molecule has 1 aliphatic rings. The van der Waals surface area contributed by atoms with E-state index in [9.17, 15) is 9.90 Å². The summed E-state index contributed by atoms with van der Waals surface area (Å²) in [4.78, 5) is 11.7. The Morgan fingerprint density at radius 1 is 1.28 bits per heavy atom. The highest BCUT2D eigenvalue weighted by molar-refractivity contribution is 5.78. The normalized spacial score (nSPS) is 21.1. The van der Waals surface area contributed by atoms with Crippen molar-refractivity contribution in [2.45, 2.75) is 70.4 Å². The molecule has 0 bridgehead atoms. The van der Waals surface area contributed by atoms with E-state index in [1.54, 1.807) is 6.92 Å². The molecule has 1 amide bonds. The summed E-state index contributed by atoms with van der Waals surface area (Å²) in [6.07, 6.45) is 7.95. The van der Waals surface area contributed by atoms with Gasteiger partial charge >= 0.3 is 0 Å². The summed E-state index contributed by atoms with van der Waals surface area (Å²) < 4.78 is 0. The van der Waals surface area contributed by atoms with Crippen LogP contribution in [0, 0.1) is 0 Å². The van der Waals surface area contributed by atoms with Gasteiger partial charge in [-0.1, -0.05) is 32.6 Å². The molecule has 106 valence electrons. The van der Waals surface area contributed by atoms with Gasteiger partial charge in [0.05, 0.1) is 12.1 Å². The average molecular weight is 256 g/mol. The lowest BCUT2D eigenvalue weighted by Crippen LogP contribution is -2.44. The summed E-state index contributed by atoms with van der Waals surface area (Å²) in [6, 6.07) is 0.355. The maximum absolute atomic E-state index is 11.7. The predicted molar refractivity (Wildman–Crippen MR) is 73.4 cm³/mol. The first-order chi connectivity index (χ1) is 8.53. The van der Waals surface area contributed by atoms with Crippen molar-refractivity contribution in [3.8, 4) is 0 Å². The SMILES string of the molecule is CCC(C)(O)CNCC(=O)NC1CCCCCC1. The molecule has 1 atom stereocenters. The summed E-state index contributed by atoms with van der Waals surface area (Å²) >= 11 is 0. The van der Waals surface area contributed by atoms with Crippen LogP contribution in [0.1, 0.15) is 58.8 Å². The molecule has 0 spiro atoms. The minimum atomic E-state index is -0.720. The molecule has 0 heterocycles. The Morgan fingerprint density at radius 2 is 1.89 bits per heavy atom. The predicted octanol–water partition coefficient (Wildman–Crippen LogP) is 1.58. The van der Waals surface area contributed by atoms with E-state index in [1.807, 2.05) is 6.92 Å². The summed E-state index contributed by atoms with van der Waals surface area (Å²) in [7, 11) is 0. The van der Waals surface area contributed by atoms with Gasteiger partial charge in [0.1, 0.15) is 0 Å². The number of amides is 1. The minimum absolute atomic E-state index is 0.0498. The van der Waals surface area contributed by atoms with Gasteiger partial charge in [0.2, 0.25) is 5.91 Å². The van der Waals surface area contributed by atoms with Crippen LogP contribution >= 0.6 is 0 Å². The van der Waals surface area contributed by atoms with E-state index in [4.69, 9.17) is 0 Å². The number of hydrogen-bond donors (Lipinski definition) is 3. The third kappa shape index (κ3) is 6.36. The van der Waals surface area contributed by atoms with Crippen LogP contribution in [0.4, 0.5) is 0 Å². The van der Waals surface area contributed by atoms with Gasteiger partial charge in [-0.2, -0.15) is 0 Å². The fourth-order valence-electron chi connectivity index (χ4n) is 2.27. The van der Waals surface area contributed by atoms with Crippen molar-refractivity contribution in [3.63, 3.8) is 0 Å². The van der Waals surface area contributed by atoms with Gasteiger partial charge in [-0.05, 0) is 26.2 Å². The second kappa shape index (κ2) is 7.74. The Labute approximate surface area is 111 Å². The van der Waals surface area contributed by atoms with Crippen molar-refractivity contribution >= 4 is 5.91 Å². The number of nitrogens with one attached hydrogen (secondary N) is 2. The molecular formula is C14H28N2O2. The number of rotatable bonds is 6. The van der Waals surface area contributed by atoms with E-state index >= 15 is 0 Å². The highest BCUT2D eigenvalue weighted by atomic mass is 16.3. The molecule has 0 aromatic heterocycles. The van der Waals surface area contributed by atoms with Crippen molar-refractivity contribution in [3.05, 3.63) is 0 Å². The van der Waals surface area contributed by atoms with Gasteiger partial charge in [0.15, 0.2) is 0 Å². The molecule has 1 rings (SSSR count). The summed E-state index contributed by atoms with van der Waals surface area (Å²) in [6.45, 7) is 4.48. The highest BCUT2D eigenvalue weighted by Crippen LogP contribution is 2.16. The van der Waals surface area contributed by atoms with Crippen LogP contribution in [0.25, 0.3) is 0 Å². The Balaban J connectivity index is 2.16. The fraction of sp³-hybridized carbons (Fsp3) is 0.929. The molecule has 1 saturated carbocycles. The second-order valence-electron chi connectivity index (χ2n) is 5.71. The molecule has 1 fully saturated rings. The van der Waals surface area contributed by atoms with Gasteiger partial charge in [-0.3, -0.25) is 4.79 Å². The molecule has 0 aliphatic heterocycles. The lowest BCUT2D eigenvalue weighted by atomic mass is 10.0. The maximum atomic E-state index is 11.7. The Bertz CT molecular complexity index is 246. The standard InChI is InChI=1S/C14H28N2O2/c1-3-14(2,18)11-15-10-13(17)16-12-8-6-4-5-7-9-12/h12,15,18H,3-11H2,1-2H3,(H,16,17). The molecular weight excluding hydrogens is 228 g/mol. The van der Waals surface area contributed by atoms with Crippen LogP contribution in [0.3, 0.4) is 0 Å². The topological polar surface area (TPSA) is 61.4 Å². The van der Waals surface area contributed by atoms with E-state index in [0.29, 0.717) is 25.6 Å². The van der Waals surface area contributed by atoms with E-state index in [0.717, 1.165) is 12.8 Å². The molecule has 0 radical (unpaired) electrons. The first-order valence-electron chi connectivity index (χ1n) is 7.26. The Kier molecular flexibility index (Phi) is 6.65. The van der Waals surface area contributed by atoms with E-state index in [1.165, 1.54) is 25.7 Å². The first-order valence-corrected chi connectivity index (χ1v) is 7.26. The van der Waals surface area contributed by atoms with Crippen LogP contribution in [-0.4, -0.2) is 35.7 Å². The smallest absolute Gasteiger partial charge is 0.234 e. The minimum Gasteiger partial charge on any atom is -0.389 e. The average Bonchev–Trinajstić information content (AvgIpc) is 2.57. The van der Waals surface area contributed by atoms with E-state index in [-0.39, 0.29) is 5.91 Å². The van der Waals surface area contributed by atoms with Gasteiger partial charge in [-0.25, -0.2) is 0 Å². The van der Waals surface area contributed by atoms with Crippen molar-refractivity contribution in [1.29, 1.82) is 0 Å². The van der Waals surface area contributed by atoms with Crippen LogP contribution in [-0.2, 0) is 4.79 Å². The lowest BCUT2D eigenvalue weighted by molar-refractivity contribution is -0.121. The van der Waals surface area contributed by atoms with E-state index in [2.05, 4.69) is 10.6 Å². The number of carbonyl (C=O) groups is 1. The van der Waals surface area contributed by atoms with Crippen molar-refractivity contribution < 1.29 is 9.90 Å². The molecule has 0 saturated heterocycles. The molecule has 1 unspecified atom stereocenters. The number of hydrogen-bond acceptors (Lipinski definition) is 3. The molecule has 0 aromatic carbocycles. The quantitative estimate of drug-likeness (QED) is 0.632. The third-order valence-electron chi connectivity index (χ3n) is 3.77. The van der Waals surface area contributed by atoms with Crippen LogP contribution in [0.15, 0.2) is 0 Å². The van der Waals surface area contributed by atoms with Crippen molar-refractivity contribution in [2.75, 3.05) is 13.1 Å². The molecule has 4 nitrogen and oxygen atoms in total. The molecule has 0 aromatic rings. The van der Waals surface area contributed by atoms with Gasteiger partial charge < -0.3 is 15.7 Å². The third-order valence-corrected chi connectivity index (χ3v) is 3.77. The molecule has 1 aliphatic carbocycles. The Hall–Kier alpha value is -0.610. The second-order valence-corrected chi connectivity index (χ2v) is 5.71. The first kappa shape index (κ1) is 15.4. The summed E-state index contributed by atoms with van der Waals surface area (Å²) in [5.41, 5.74) is -0.720. The molecule has 4 heteroatoms. The van der Waals surface area contributed by atoms with Crippen LogP contribution < -0.4 is 10.6 Å². The van der Waals surface area contributed by atoms with Gasteiger partial charge in [0, 0.05) is 12.6 Å². The monoisotopic (exact) mass is 256 g/mol. The molecule has 3 N–H and O–H groups in total. The fourth-order valence-corrected chi connectivity index (χ4v) is 2.27. The zero-order valence-corrected chi connectivity index (χ0v) is 11.8. The molecule has 18 heavy (non-hydrogen) atoms. The van der Waals surface area contributed by atoms with Gasteiger partial charge in [0.25, 0.3) is 0 Å². The summed E-state index contributed by atoms with van der Waals surface area (Å²) in [5, 5.41) is 15.9. The Morgan fingerprint density at radius 3 is 2.44 bits per heavy atom. The maximum Gasteiger partial charge on any atom is 0.234 e. The summed E-state index contributed by atoms with van der Waals surface area (Å²) in [5.74, 6) is 0.0498. The van der Waals surface area contributed by atoms with Crippen molar-refractivity contribution in [2.24, 2.45) is 0 Å². The zero-order valence-electron chi connectivity index (χ0n) is 11.8.